The Labute approximate surface area is 79.7 Å². The molecule has 0 bridgehead atoms. The number of rotatable bonds is 3. The second-order valence-corrected chi connectivity index (χ2v) is 3.67. The van der Waals surface area contributed by atoms with E-state index in [-0.39, 0.29) is 11.3 Å². The van der Waals surface area contributed by atoms with Gasteiger partial charge in [0, 0.05) is 5.70 Å². The predicted octanol–water partition coefficient (Wildman–Crippen LogP) is 2.38. The standard InChI is InChI=1S/C11H17NO/c1-4-7-11(5-2)8-6-9(3)12-10(11)13/h4,6H,1,5,7-8H2,2-3H3,(H,12,13)/t11-/m0/s1. The number of carbonyl (C=O) groups excluding carboxylic acids is 1. The average Bonchev–Trinajstić information content (AvgIpc) is 2.11. The number of nitrogens with one attached hydrogen (secondary N) is 1. The molecule has 2 heteroatoms. The highest BCUT2D eigenvalue weighted by atomic mass is 16.2. The molecule has 0 saturated heterocycles. The van der Waals surface area contributed by atoms with E-state index in [2.05, 4.69) is 24.9 Å². The van der Waals surface area contributed by atoms with E-state index in [0.717, 1.165) is 25.0 Å². The molecule has 1 aliphatic heterocycles. The molecule has 0 aliphatic carbocycles. The van der Waals surface area contributed by atoms with Crippen LogP contribution in [0.25, 0.3) is 0 Å². The molecular formula is C11H17NO. The van der Waals surface area contributed by atoms with Gasteiger partial charge in [-0.3, -0.25) is 4.79 Å². The van der Waals surface area contributed by atoms with Crippen molar-refractivity contribution in [1.82, 2.24) is 5.32 Å². The van der Waals surface area contributed by atoms with Crippen molar-refractivity contribution in [2.24, 2.45) is 5.41 Å². The number of allylic oxidation sites excluding steroid dienone is 3. The Bertz CT molecular complexity index is 255. The van der Waals surface area contributed by atoms with Gasteiger partial charge in [-0.15, -0.1) is 6.58 Å². The summed E-state index contributed by atoms with van der Waals surface area (Å²) in [6.07, 6.45) is 6.40. The van der Waals surface area contributed by atoms with Gasteiger partial charge in [0.1, 0.15) is 0 Å². The normalized spacial score (nSPS) is 27.8. The molecule has 72 valence electrons. The Balaban J connectivity index is 2.87. The van der Waals surface area contributed by atoms with Gasteiger partial charge in [-0.2, -0.15) is 0 Å². The Morgan fingerprint density at radius 1 is 1.77 bits per heavy atom. The SMILES string of the molecule is C=CC[C@@]1(CC)CC=C(C)NC1=O. The summed E-state index contributed by atoms with van der Waals surface area (Å²) in [6.45, 7) is 7.68. The van der Waals surface area contributed by atoms with Crippen LogP contribution >= 0.6 is 0 Å². The van der Waals surface area contributed by atoms with Gasteiger partial charge in [0.05, 0.1) is 5.41 Å². The molecule has 0 saturated carbocycles. The quantitative estimate of drug-likeness (QED) is 0.662. The van der Waals surface area contributed by atoms with Crippen molar-refractivity contribution in [2.45, 2.75) is 33.1 Å². The van der Waals surface area contributed by atoms with Crippen molar-refractivity contribution in [3.05, 3.63) is 24.4 Å². The van der Waals surface area contributed by atoms with Crippen molar-refractivity contribution in [2.75, 3.05) is 0 Å². The zero-order valence-corrected chi connectivity index (χ0v) is 8.39. The first-order valence-electron chi connectivity index (χ1n) is 4.74. The lowest BCUT2D eigenvalue weighted by Crippen LogP contribution is -2.42. The van der Waals surface area contributed by atoms with Gasteiger partial charge in [-0.05, 0) is 26.2 Å². The van der Waals surface area contributed by atoms with E-state index >= 15 is 0 Å². The Morgan fingerprint density at radius 3 is 2.92 bits per heavy atom. The first kappa shape index (κ1) is 10.0. The molecule has 0 aromatic rings. The molecule has 13 heavy (non-hydrogen) atoms. The highest BCUT2D eigenvalue weighted by molar-refractivity contribution is 5.85. The highest BCUT2D eigenvalue weighted by Gasteiger charge is 2.36. The molecule has 1 aliphatic rings. The second-order valence-electron chi connectivity index (χ2n) is 3.67. The maximum absolute atomic E-state index is 11.7. The van der Waals surface area contributed by atoms with Crippen LogP contribution < -0.4 is 5.32 Å². The number of amides is 1. The minimum absolute atomic E-state index is 0.148. The van der Waals surface area contributed by atoms with Crippen molar-refractivity contribution >= 4 is 5.91 Å². The van der Waals surface area contributed by atoms with Crippen molar-refractivity contribution in [3.8, 4) is 0 Å². The summed E-state index contributed by atoms with van der Waals surface area (Å²) in [6, 6.07) is 0. The van der Waals surface area contributed by atoms with Crippen molar-refractivity contribution < 1.29 is 4.79 Å². The van der Waals surface area contributed by atoms with Gasteiger partial charge in [-0.25, -0.2) is 0 Å². The zero-order valence-electron chi connectivity index (χ0n) is 8.39. The van der Waals surface area contributed by atoms with E-state index in [9.17, 15) is 4.79 Å². The van der Waals surface area contributed by atoms with Crippen LogP contribution in [0, 0.1) is 5.41 Å². The lowest BCUT2D eigenvalue weighted by Gasteiger charge is -2.32. The summed E-state index contributed by atoms with van der Waals surface area (Å²) >= 11 is 0. The van der Waals surface area contributed by atoms with Gasteiger partial charge in [-0.1, -0.05) is 19.1 Å². The minimum atomic E-state index is -0.235. The summed E-state index contributed by atoms with van der Waals surface area (Å²) < 4.78 is 0. The van der Waals surface area contributed by atoms with Crippen LogP contribution in [0.5, 0.6) is 0 Å². The molecule has 1 rings (SSSR count). The van der Waals surface area contributed by atoms with Gasteiger partial charge < -0.3 is 5.32 Å². The van der Waals surface area contributed by atoms with E-state index in [0.29, 0.717) is 0 Å². The predicted molar refractivity (Wildman–Crippen MR) is 54.1 cm³/mol. The smallest absolute Gasteiger partial charge is 0.230 e. The molecule has 1 heterocycles. The fourth-order valence-corrected chi connectivity index (χ4v) is 1.71. The zero-order chi connectivity index (χ0) is 9.90. The van der Waals surface area contributed by atoms with Gasteiger partial charge in [0.15, 0.2) is 0 Å². The van der Waals surface area contributed by atoms with Crippen LogP contribution in [0.1, 0.15) is 33.1 Å². The number of hydrogen-bond donors (Lipinski definition) is 1. The molecule has 2 nitrogen and oxygen atoms in total. The van der Waals surface area contributed by atoms with Crippen LogP contribution in [0.15, 0.2) is 24.4 Å². The van der Waals surface area contributed by atoms with E-state index < -0.39 is 0 Å². The molecule has 1 atom stereocenters. The van der Waals surface area contributed by atoms with E-state index in [4.69, 9.17) is 0 Å². The third kappa shape index (κ3) is 1.82. The fraction of sp³-hybridized carbons (Fsp3) is 0.545. The van der Waals surface area contributed by atoms with Gasteiger partial charge >= 0.3 is 0 Å². The molecule has 0 aromatic heterocycles. The van der Waals surface area contributed by atoms with E-state index in [1.54, 1.807) is 0 Å². The van der Waals surface area contributed by atoms with Crippen molar-refractivity contribution in [3.63, 3.8) is 0 Å². The molecule has 1 amide bonds. The Kier molecular flexibility index (Phi) is 2.91. The van der Waals surface area contributed by atoms with E-state index in [1.165, 1.54) is 0 Å². The maximum Gasteiger partial charge on any atom is 0.230 e. The maximum atomic E-state index is 11.7. The lowest BCUT2D eigenvalue weighted by atomic mass is 9.76. The fourth-order valence-electron chi connectivity index (χ4n) is 1.71. The third-order valence-electron chi connectivity index (χ3n) is 2.80. The monoisotopic (exact) mass is 179 g/mol. The molecule has 1 N–H and O–H groups in total. The average molecular weight is 179 g/mol. The van der Waals surface area contributed by atoms with Crippen LogP contribution in [0.2, 0.25) is 0 Å². The molecule has 0 fully saturated rings. The second kappa shape index (κ2) is 3.77. The lowest BCUT2D eigenvalue weighted by molar-refractivity contribution is -0.131. The number of carbonyl (C=O) groups is 1. The highest BCUT2D eigenvalue weighted by Crippen LogP contribution is 2.34. The van der Waals surface area contributed by atoms with Crippen LogP contribution in [-0.2, 0) is 4.79 Å². The summed E-state index contributed by atoms with van der Waals surface area (Å²) in [5.41, 5.74) is 0.736. The summed E-state index contributed by atoms with van der Waals surface area (Å²) in [5.74, 6) is 0.148. The van der Waals surface area contributed by atoms with E-state index in [1.807, 2.05) is 13.0 Å². The van der Waals surface area contributed by atoms with Crippen LogP contribution in [-0.4, -0.2) is 5.91 Å². The topological polar surface area (TPSA) is 29.1 Å². The van der Waals surface area contributed by atoms with Gasteiger partial charge in [0.25, 0.3) is 0 Å². The number of hydrogen-bond acceptors (Lipinski definition) is 1. The summed E-state index contributed by atoms with van der Waals surface area (Å²) in [5, 5.41) is 2.88. The molecule has 0 radical (unpaired) electrons. The Hall–Kier alpha value is -1.05. The summed E-state index contributed by atoms with van der Waals surface area (Å²) in [7, 11) is 0. The minimum Gasteiger partial charge on any atom is -0.330 e. The first-order chi connectivity index (χ1) is 6.14. The molecular weight excluding hydrogens is 162 g/mol. The Morgan fingerprint density at radius 2 is 2.46 bits per heavy atom. The molecule has 0 aromatic carbocycles. The van der Waals surface area contributed by atoms with Crippen LogP contribution in [0.4, 0.5) is 0 Å². The molecule has 0 spiro atoms. The van der Waals surface area contributed by atoms with Gasteiger partial charge in [0.2, 0.25) is 5.91 Å². The van der Waals surface area contributed by atoms with Crippen LogP contribution in [0.3, 0.4) is 0 Å². The summed E-state index contributed by atoms with van der Waals surface area (Å²) in [4.78, 5) is 11.7. The van der Waals surface area contributed by atoms with Crippen molar-refractivity contribution in [1.29, 1.82) is 0 Å². The molecule has 0 unspecified atom stereocenters. The third-order valence-corrected chi connectivity index (χ3v) is 2.80. The first-order valence-corrected chi connectivity index (χ1v) is 4.74. The largest absolute Gasteiger partial charge is 0.330 e.